The van der Waals surface area contributed by atoms with Gasteiger partial charge in [-0.3, -0.25) is 0 Å². The summed E-state index contributed by atoms with van der Waals surface area (Å²) < 4.78 is 0. The highest BCUT2D eigenvalue weighted by Crippen LogP contribution is 2.07. The molecule has 50 valence electrons. The second-order valence-electron chi connectivity index (χ2n) is 1.95. The molecule has 2 heterocycles. The van der Waals surface area contributed by atoms with Crippen LogP contribution in [0.2, 0.25) is 0 Å². The van der Waals surface area contributed by atoms with Crippen molar-refractivity contribution in [3.05, 3.63) is 11.5 Å². The van der Waals surface area contributed by atoms with Crippen LogP contribution in [-0.4, -0.2) is 25.3 Å². The minimum absolute atomic E-state index is 0.794. The predicted octanol–water partition coefficient (Wildman–Crippen LogP) is -0.0578. The van der Waals surface area contributed by atoms with Gasteiger partial charge in [0, 0.05) is 6.21 Å². The third kappa shape index (κ3) is 0.737. The Morgan fingerprint density at radius 3 is 3.00 bits per heavy atom. The molecule has 1 N–H and O–H groups in total. The van der Waals surface area contributed by atoms with Crippen LogP contribution >= 0.6 is 0 Å². The lowest BCUT2D eigenvalue weighted by atomic mass is 10.5. The zero-order valence-corrected chi connectivity index (χ0v) is 5.28. The van der Waals surface area contributed by atoms with Gasteiger partial charge < -0.3 is 5.32 Å². The van der Waals surface area contributed by atoms with Gasteiger partial charge in [-0.05, 0) is 0 Å². The van der Waals surface area contributed by atoms with E-state index in [9.17, 15) is 0 Å². The quantitative estimate of drug-likeness (QED) is 0.495. The zero-order chi connectivity index (χ0) is 6.81. The van der Waals surface area contributed by atoms with E-state index in [0.29, 0.717) is 0 Å². The van der Waals surface area contributed by atoms with Crippen molar-refractivity contribution in [3.63, 3.8) is 0 Å². The van der Waals surface area contributed by atoms with Gasteiger partial charge in [-0.2, -0.15) is 0 Å². The van der Waals surface area contributed by atoms with Crippen molar-refractivity contribution in [2.24, 2.45) is 15.0 Å². The molecule has 4 nitrogen and oxygen atoms in total. The Morgan fingerprint density at radius 2 is 2.40 bits per heavy atom. The molecule has 2 aliphatic heterocycles. The number of allylic oxidation sites excluding steroid dienone is 1. The Hall–Kier alpha value is -1.45. The van der Waals surface area contributed by atoms with Gasteiger partial charge in [0.2, 0.25) is 0 Å². The Kier molecular flexibility index (Phi) is 1.10. The molecule has 0 unspecified atom stereocenters. The molecule has 0 radical (unpaired) electrons. The first kappa shape index (κ1) is 5.34. The molecular weight excluding hydrogens is 128 g/mol. The molecular formula is C6H6N4. The summed E-state index contributed by atoms with van der Waals surface area (Å²) in [7, 11) is 0. The van der Waals surface area contributed by atoms with E-state index in [4.69, 9.17) is 0 Å². The van der Waals surface area contributed by atoms with E-state index in [1.165, 1.54) is 6.34 Å². The van der Waals surface area contributed by atoms with E-state index < -0.39 is 0 Å². The molecule has 0 saturated carbocycles. The molecule has 0 aromatic heterocycles. The highest BCUT2D eigenvalue weighted by atomic mass is 15.1. The topological polar surface area (TPSA) is 49.1 Å². The molecule has 0 spiro atoms. The van der Waals surface area contributed by atoms with Crippen LogP contribution in [0.1, 0.15) is 0 Å². The first-order valence-electron chi connectivity index (χ1n) is 3.03. The number of hydrogen-bond donors (Lipinski definition) is 1. The smallest absolute Gasteiger partial charge is 0.153 e. The minimum atomic E-state index is 0.794. The summed E-state index contributed by atoms with van der Waals surface area (Å²) in [6.45, 7) is 0.794. The summed E-state index contributed by atoms with van der Waals surface area (Å²) in [6, 6.07) is 0. The Bertz CT molecular complexity index is 245. The lowest BCUT2D eigenvalue weighted by molar-refractivity contribution is 0.956. The molecule has 4 heteroatoms. The number of nitrogens with zero attached hydrogens (tertiary/aromatic N) is 3. The van der Waals surface area contributed by atoms with Crippen LogP contribution in [0.25, 0.3) is 0 Å². The number of nitrogens with one attached hydrogen (secondary N) is 1. The van der Waals surface area contributed by atoms with Crippen LogP contribution < -0.4 is 5.32 Å². The molecule has 0 saturated heterocycles. The van der Waals surface area contributed by atoms with Crippen LogP contribution in [0, 0.1) is 0 Å². The fraction of sp³-hybridized carbons (Fsp3) is 0.167. The van der Waals surface area contributed by atoms with Crippen LogP contribution in [0.4, 0.5) is 0 Å². The summed E-state index contributed by atoms with van der Waals surface area (Å²) in [5, 5.41) is 3.05. The molecule has 0 bridgehead atoms. The first-order chi connectivity index (χ1) is 4.97. The highest BCUT2D eigenvalue weighted by Gasteiger charge is 2.06. The number of rotatable bonds is 0. The molecule has 0 atom stereocenters. The molecule has 0 amide bonds. The Balaban J connectivity index is 2.36. The summed E-state index contributed by atoms with van der Waals surface area (Å²) >= 11 is 0. The van der Waals surface area contributed by atoms with Crippen LogP contribution in [0.3, 0.4) is 0 Å². The minimum Gasteiger partial charge on any atom is -0.363 e. The van der Waals surface area contributed by atoms with Gasteiger partial charge in [0.25, 0.3) is 0 Å². The fourth-order valence-electron chi connectivity index (χ4n) is 0.837. The second-order valence-corrected chi connectivity index (χ2v) is 1.95. The van der Waals surface area contributed by atoms with Crippen molar-refractivity contribution >= 4 is 18.8 Å². The number of aliphatic imine (C=N–C) groups is 3. The van der Waals surface area contributed by atoms with Gasteiger partial charge in [0.05, 0.1) is 12.8 Å². The highest BCUT2D eigenvalue weighted by molar-refractivity contribution is 5.92. The zero-order valence-electron chi connectivity index (χ0n) is 5.28. The van der Waals surface area contributed by atoms with E-state index in [-0.39, 0.29) is 0 Å². The molecule has 2 rings (SSSR count). The largest absolute Gasteiger partial charge is 0.363 e. The fourth-order valence-corrected chi connectivity index (χ4v) is 0.837. The van der Waals surface area contributed by atoms with Crippen molar-refractivity contribution in [1.29, 1.82) is 0 Å². The van der Waals surface area contributed by atoms with Crippen LogP contribution in [-0.2, 0) is 0 Å². The van der Waals surface area contributed by atoms with Crippen LogP contribution in [0.15, 0.2) is 26.5 Å². The summed E-state index contributed by atoms with van der Waals surface area (Å²) in [5.74, 6) is 0.817. The predicted molar refractivity (Wildman–Crippen MR) is 40.5 cm³/mol. The third-order valence-electron chi connectivity index (χ3n) is 1.28. The maximum atomic E-state index is 4.06. The first-order valence-corrected chi connectivity index (χ1v) is 3.03. The molecule has 10 heavy (non-hydrogen) atoms. The second kappa shape index (κ2) is 2.06. The third-order valence-corrected chi connectivity index (χ3v) is 1.28. The van der Waals surface area contributed by atoms with E-state index >= 15 is 0 Å². The summed E-state index contributed by atoms with van der Waals surface area (Å²) in [5.41, 5.74) is 0.814. The maximum Gasteiger partial charge on any atom is 0.153 e. The van der Waals surface area contributed by atoms with E-state index in [1.54, 1.807) is 6.21 Å². The summed E-state index contributed by atoms with van der Waals surface area (Å²) in [4.78, 5) is 11.9. The maximum absolute atomic E-state index is 4.06. The lowest BCUT2D eigenvalue weighted by Gasteiger charge is -1.94. The summed E-state index contributed by atoms with van der Waals surface area (Å²) in [6.07, 6.45) is 5.01. The average molecular weight is 134 g/mol. The van der Waals surface area contributed by atoms with E-state index in [2.05, 4.69) is 20.3 Å². The molecule has 0 aromatic rings. The molecule has 0 aromatic carbocycles. The Morgan fingerprint density at radius 1 is 1.40 bits per heavy atom. The average Bonchev–Trinajstić information content (AvgIpc) is 2.59. The van der Waals surface area contributed by atoms with Crippen molar-refractivity contribution < 1.29 is 0 Å². The van der Waals surface area contributed by atoms with Gasteiger partial charge in [-0.15, -0.1) is 0 Å². The monoisotopic (exact) mass is 134 g/mol. The van der Waals surface area contributed by atoms with Gasteiger partial charge in [0.15, 0.2) is 5.82 Å². The SMILES string of the molecule is C1=NC=NC1=C1N=CCN1. The van der Waals surface area contributed by atoms with Gasteiger partial charge in [0.1, 0.15) is 12.0 Å². The van der Waals surface area contributed by atoms with E-state index in [1.807, 2.05) is 6.21 Å². The van der Waals surface area contributed by atoms with Crippen molar-refractivity contribution in [2.45, 2.75) is 0 Å². The standard InChI is InChI=1S/C6H6N4/c1-2-9-6(8-1)5-3-7-4-10-5/h1,3-4,9H,2H2. The van der Waals surface area contributed by atoms with Crippen molar-refractivity contribution in [3.8, 4) is 0 Å². The normalized spacial score (nSPS) is 28.0. The molecule has 2 aliphatic rings. The van der Waals surface area contributed by atoms with Crippen LogP contribution in [0.5, 0.6) is 0 Å². The van der Waals surface area contributed by atoms with Gasteiger partial charge >= 0.3 is 0 Å². The Labute approximate surface area is 58.1 Å². The number of hydrogen-bond acceptors (Lipinski definition) is 4. The van der Waals surface area contributed by atoms with Gasteiger partial charge in [-0.1, -0.05) is 0 Å². The van der Waals surface area contributed by atoms with E-state index in [0.717, 1.165) is 18.1 Å². The van der Waals surface area contributed by atoms with Crippen molar-refractivity contribution in [1.82, 2.24) is 5.32 Å². The molecule has 0 aliphatic carbocycles. The van der Waals surface area contributed by atoms with Gasteiger partial charge in [-0.25, -0.2) is 15.0 Å². The lowest BCUT2D eigenvalue weighted by Crippen LogP contribution is -2.08. The molecule has 0 fully saturated rings. The van der Waals surface area contributed by atoms with Crippen molar-refractivity contribution in [2.75, 3.05) is 6.54 Å².